The van der Waals surface area contributed by atoms with Crippen molar-refractivity contribution in [3.63, 3.8) is 0 Å². The molecule has 4 heteroatoms. The third-order valence-corrected chi connectivity index (χ3v) is 3.78. The van der Waals surface area contributed by atoms with E-state index in [4.69, 9.17) is 4.74 Å². The summed E-state index contributed by atoms with van der Waals surface area (Å²) in [4.78, 5) is 22.3. The van der Waals surface area contributed by atoms with Crippen molar-refractivity contribution < 1.29 is 19.1 Å². The van der Waals surface area contributed by atoms with E-state index in [1.165, 1.54) is 13.5 Å². The molecule has 2 fully saturated rings. The van der Waals surface area contributed by atoms with Crippen LogP contribution in [0.4, 0.5) is 0 Å². The molecule has 2 bridgehead atoms. The largest absolute Gasteiger partial charge is 0.461 e. The second-order valence-corrected chi connectivity index (χ2v) is 4.77. The fourth-order valence-corrected chi connectivity index (χ4v) is 3.02. The average molecular weight is 212 g/mol. The van der Waals surface area contributed by atoms with Gasteiger partial charge in [-0.25, -0.2) is 9.59 Å². The van der Waals surface area contributed by atoms with Crippen molar-refractivity contribution in [3.8, 4) is 0 Å². The second kappa shape index (κ2) is 3.51. The molecule has 84 valence electrons. The predicted molar refractivity (Wildman–Crippen MR) is 52.0 cm³/mol. The Morgan fingerprint density at radius 2 is 2.00 bits per heavy atom. The van der Waals surface area contributed by atoms with Gasteiger partial charge in [-0.2, -0.15) is 0 Å². The summed E-state index contributed by atoms with van der Waals surface area (Å²) < 4.78 is 9.61. The third-order valence-electron chi connectivity index (χ3n) is 3.78. The van der Waals surface area contributed by atoms with E-state index in [-0.39, 0.29) is 0 Å². The maximum absolute atomic E-state index is 11.3. The zero-order chi connectivity index (χ0) is 11.1. The first-order valence-corrected chi connectivity index (χ1v) is 5.36. The van der Waals surface area contributed by atoms with Crippen LogP contribution in [0.1, 0.15) is 32.6 Å². The van der Waals surface area contributed by atoms with E-state index in [0.717, 1.165) is 19.3 Å². The molecule has 2 saturated carbocycles. The molecule has 2 aliphatic carbocycles. The van der Waals surface area contributed by atoms with Gasteiger partial charge in [-0.3, -0.25) is 0 Å². The van der Waals surface area contributed by atoms with Gasteiger partial charge in [-0.15, -0.1) is 0 Å². The van der Waals surface area contributed by atoms with Crippen LogP contribution in [-0.4, -0.2) is 24.6 Å². The quantitative estimate of drug-likeness (QED) is 0.485. The predicted octanol–water partition coefficient (Wildman–Crippen LogP) is 1.28. The van der Waals surface area contributed by atoms with Crippen LogP contribution in [-0.2, 0) is 19.1 Å². The SMILES string of the molecule is COC(=O)C(=O)O[C@@]1(C)C[C@H]2CC[C@@H]1C2. The van der Waals surface area contributed by atoms with Gasteiger partial charge in [-0.05, 0) is 44.4 Å². The van der Waals surface area contributed by atoms with Gasteiger partial charge in [0.05, 0.1) is 7.11 Å². The van der Waals surface area contributed by atoms with Crippen molar-refractivity contribution in [2.24, 2.45) is 11.8 Å². The van der Waals surface area contributed by atoms with Crippen LogP contribution in [0.15, 0.2) is 0 Å². The topological polar surface area (TPSA) is 52.6 Å². The Balaban J connectivity index is 2.00. The van der Waals surface area contributed by atoms with E-state index in [9.17, 15) is 9.59 Å². The van der Waals surface area contributed by atoms with Gasteiger partial charge in [0.2, 0.25) is 0 Å². The molecule has 0 saturated heterocycles. The summed E-state index contributed by atoms with van der Waals surface area (Å²) >= 11 is 0. The molecule has 0 heterocycles. The maximum Gasteiger partial charge on any atom is 0.418 e. The highest BCUT2D eigenvalue weighted by Gasteiger charge is 2.51. The minimum Gasteiger partial charge on any atom is -0.461 e. The summed E-state index contributed by atoms with van der Waals surface area (Å²) in [5.41, 5.74) is -0.436. The first-order valence-electron chi connectivity index (χ1n) is 5.36. The van der Waals surface area contributed by atoms with Crippen molar-refractivity contribution in [2.45, 2.75) is 38.2 Å². The van der Waals surface area contributed by atoms with E-state index in [1.54, 1.807) is 0 Å². The van der Waals surface area contributed by atoms with Gasteiger partial charge in [0.1, 0.15) is 5.60 Å². The van der Waals surface area contributed by atoms with Gasteiger partial charge in [0.25, 0.3) is 0 Å². The minimum atomic E-state index is -0.904. The number of esters is 2. The lowest BCUT2D eigenvalue weighted by Crippen LogP contribution is -2.39. The molecule has 0 aliphatic heterocycles. The van der Waals surface area contributed by atoms with E-state index in [2.05, 4.69) is 4.74 Å². The molecule has 0 unspecified atom stereocenters. The van der Waals surface area contributed by atoms with Crippen LogP contribution in [0.25, 0.3) is 0 Å². The molecule has 0 aromatic heterocycles. The molecule has 0 aromatic rings. The minimum absolute atomic E-state index is 0.427. The van der Waals surface area contributed by atoms with Crippen LogP contribution in [0.2, 0.25) is 0 Å². The van der Waals surface area contributed by atoms with Crippen molar-refractivity contribution in [1.29, 1.82) is 0 Å². The Morgan fingerprint density at radius 1 is 1.27 bits per heavy atom. The number of hydrogen-bond acceptors (Lipinski definition) is 4. The lowest BCUT2D eigenvalue weighted by atomic mass is 9.86. The van der Waals surface area contributed by atoms with Crippen LogP contribution in [0.5, 0.6) is 0 Å². The fourth-order valence-electron chi connectivity index (χ4n) is 3.02. The molecule has 3 atom stereocenters. The van der Waals surface area contributed by atoms with E-state index >= 15 is 0 Å². The molecule has 2 rings (SSSR count). The number of ether oxygens (including phenoxy) is 2. The third kappa shape index (κ3) is 1.73. The van der Waals surface area contributed by atoms with Crippen molar-refractivity contribution in [3.05, 3.63) is 0 Å². The summed E-state index contributed by atoms with van der Waals surface area (Å²) in [5, 5.41) is 0. The maximum atomic E-state index is 11.3. The number of carbonyl (C=O) groups is 2. The standard InChI is InChI=1S/C11H16O4/c1-11(15-10(13)9(12)14-2)6-7-3-4-8(11)5-7/h7-8H,3-6H2,1-2H3/t7-,8+,11-/m0/s1. The van der Waals surface area contributed by atoms with Crippen LogP contribution in [0, 0.1) is 11.8 Å². The summed E-state index contributed by atoms with van der Waals surface area (Å²) in [7, 11) is 1.19. The number of methoxy groups -OCH3 is 1. The Hall–Kier alpha value is -1.06. The lowest BCUT2D eigenvalue weighted by molar-refractivity contribution is -0.178. The molecule has 2 aliphatic rings. The number of rotatable bonds is 1. The smallest absolute Gasteiger partial charge is 0.418 e. The van der Waals surface area contributed by atoms with Crippen LogP contribution < -0.4 is 0 Å². The normalized spacial score (nSPS) is 37.7. The van der Waals surface area contributed by atoms with Crippen molar-refractivity contribution in [1.82, 2.24) is 0 Å². The van der Waals surface area contributed by atoms with Gasteiger partial charge in [-0.1, -0.05) is 0 Å². The Labute approximate surface area is 88.9 Å². The van der Waals surface area contributed by atoms with Gasteiger partial charge in [0.15, 0.2) is 0 Å². The van der Waals surface area contributed by atoms with Gasteiger partial charge in [0, 0.05) is 0 Å². The molecule has 0 aromatic carbocycles. The molecule has 15 heavy (non-hydrogen) atoms. The van der Waals surface area contributed by atoms with Gasteiger partial charge < -0.3 is 9.47 Å². The molecular weight excluding hydrogens is 196 g/mol. The Kier molecular flexibility index (Phi) is 2.44. The zero-order valence-corrected chi connectivity index (χ0v) is 9.12. The molecular formula is C11H16O4. The first kappa shape index (κ1) is 10.5. The monoisotopic (exact) mass is 212 g/mol. The molecule has 0 N–H and O–H groups in total. The highest BCUT2D eigenvalue weighted by atomic mass is 16.6. The average Bonchev–Trinajstić information content (AvgIpc) is 2.75. The van der Waals surface area contributed by atoms with E-state index in [0.29, 0.717) is 11.8 Å². The summed E-state index contributed by atoms with van der Waals surface area (Å²) in [6.45, 7) is 1.93. The van der Waals surface area contributed by atoms with E-state index < -0.39 is 17.5 Å². The van der Waals surface area contributed by atoms with Crippen LogP contribution >= 0.6 is 0 Å². The van der Waals surface area contributed by atoms with Gasteiger partial charge >= 0.3 is 11.9 Å². The lowest BCUT2D eigenvalue weighted by Gasteiger charge is -2.32. The second-order valence-electron chi connectivity index (χ2n) is 4.77. The van der Waals surface area contributed by atoms with E-state index in [1.807, 2.05) is 6.92 Å². The first-order chi connectivity index (χ1) is 7.05. The number of hydrogen-bond donors (Lipinski definition) is 0. The summed E-state index contributed by atoms with van der Waals surface area (Å²) in [6, 6.07) is 0. The number of carbonyl (C=O) groups excluding carboxylic acids is 2. The Morgan fingerprint density at radius 3 is 2.47 bits per heavy atom. The highest BCUT2D eigenvalue weighted by Crippen LogP contribution is 2.52. The molecule has 0 amide bonds. The Bertz CT molecular complexity index is 299. The zero-order valence-electron chi connectivity index (χ0n) is 9.12. The van der Waals surface area contributed by atoms with Crippen molar-refractivity contribution >= 4 is 11.9 Å². The molecule has 0 radical (unpaired) electrons. The number of fused-ring (bicyclic) bond motifs is 2. The summed E-state index contributed by atoms with van der Waals surface area (Å²) in [6.07, 6.45) is 4.36. The fraction of sp³-hybridized carbons (Fsp3) is 0.818. The summed E-state index contributed by atoms with van der Waals surface area (Å²) in [5.74, 6) is -0.659. The van der Waals surface area contributed by atoms with Crippen molar-refractivity contribution in [2.75, 3.05) is 7.11 Å². The highest BCUT2D eigenvalue weighted by molar-refractivity contribution is 6.29. The van der Waals surface area contributed by atoms with Crippen LogP contribution in [0.3, 0.4) is 0 Å². The molecule has 4 nitrogen and oxygen atoms in total. The molecule has 0 spiro atoms.